The van der Waals surface area contributed by atoms with E-state index in [1.807, 2.05) is 50.3 Å². The highest BCUT2D eigenvalue weighted by atomic mass is 16.3. The van der Waals surface area contributed by atoms with Crippen LogP contribution in [-0.4, -0.2) is 0 Å². The molecule has 0 atom stereocenters. The van der Waals surface area contributed by atoms with Gasteiger partial charge in [-0.05, 0) is 90.1 Å². The number of aryl methyl sites for hydroxylation is 1. The maximum absolute atomic E-state index is 6.02. The van der Waals surface area contributed by atoms with Gasteiger partial charge in [-0.3, -0.25) is 0 Å². The first-order valence-corrected chi connectivity index (χ1v) is 11.6. The Labute approximate surface area is 202 Å². The van der Waals surface area contributed by atoms with Gasteiger partial charge in [0.05, 0.1) is 0 Å². The Bertz CT molecular complexity index is 1500. The van der Waals surface area contributed by atoms with Gasteiger partial charge < -0.3 is 4.42 Å². The van der Waals surface area contributed by atoms with E-state index in [1.54, 1.807) is 0 Å². The second-order valence-electron chi connectivity index (χ2n) is 8.43. The van der Waals surface area contributed by atoms with E-state index in [-0.39, 0.29) is 0 Å². The molecule has 0 saturated heterocycles. The zero-order chi connectivity index (χ0) is 24.1. The minimum absolute atomic E-state index is 0.892. The smallest absolute Gasteiger partial charge is 0.135 e. The summed E-state index contributed by atoms with van der Waals surface area (Å²) < 4.78 is 6.02. The number of hydrogen-bond donors (Lipinski definition) is 0. The van der Waals surface area contributed by atoms with Crippen LogP contribution in [0.15, 0.2) is 132 Å². The molecule has 1 aromatic heterocycles. The van der Waals surface area contributed by atoms with Gasteiger partial charge >= 0.3 is 0 Å². The molecule has 1 heteroatoms. The molecule has 0 bridgehead atoms. The summed E-state index contributed by atoms with van der Waals surface area (Å²) in [6.07, 6.45) is 14.2. The molecule has 0 aliphatic carbocycles. The fourth-order valence-corrected chi connectivity index (χ4v) is 4.10. The highest BCUT2D eigenvalue weighted by molar-refractivity contribution is 6.06. The summed E-state index contributed by atoms with van der Waals surface area (Å²) in [7, 11) is 0. The summed E-state index contributed by atoms with van der Waals surface area (Å²) in [4.78, 5) is 0. The van der Waals surface area contributed by atoms with Crippen LogP contribution in [0.25, 0.3) is 38.6 Å². The lowest BCUT2D eigenvalue weighted by molar-refractivity contribution is 0.669. The van der Waals surface area contributed by atoms with Gasteiger partial charge in [-0.15, -0.1) is 0 Å². The second kappa shape index (κ2) is 10.2. The molecule has 0 radical (unpaired) electrons. The standard InChI is InChI=1S/C33H30O/c1-6-8-9-13-24(4)25(5)20-26(12-7-2)28-18-23(3)19-29(21-28)27-16-17-33-31(22-27)30-14-10-11-15-32(30)34-33/h6-22H,4-5H2,1-3H3/b8-6-,12-7-,13-9-,26-20+. The summed E-state index contributed by atoms with van der Waals surface area (Å²) in [5, 5.41) is 2.28. The van der Waals surface area contributed by atoms with E-state index in [9.17, 15) is 0 Å². The molecule has 0 aliphatic rings. The largest absolute Gasteiger partial charge is 0.456 e. The number of hydrogen-bond acceptors (Lipinski definition) is 1. The van der Waals surface area contributed by atoms with Crippen LogP contribution in [0, 0.1) is 6.92 Å². The van der Waals surface area contributed by atoms with Crippen LogP contribution >= 0.6 is 0 Å². The average Bonchev–Trinajstić information content (AvgIpc) is 3.21. The predicted molar refractivity (Wildman–Crippen MR) is 149 cm³/mol. The molecule has 3 aromatic carbocycles. The van der Waals surface area contributed by atoms with Crippen molar-refractivity contribution in [2.24, 2.45) is 0 Å². The van der Waals surface area contributed by atoms with Crippen LogP contribution in [-0.2, 0) is 0 Å². The number of rotatable bonds is 7. The summed E-state index contributed by atoms with van der Waals surface area (Å²) in [5.74, 6) is 0. The van der Waals surface area contributed by atoms with E-state index in [0.717, 1.165) is 44.2 Å². The third-order valence-corrected chi connectivity index (χ3v) is 5.81. The SMILES string of the molecule is C=C(/C=C\C=C/C)C(=C)/C=C(\C=C/C)c1cc(C)cc(-c2ccc3oc4ccccc4c3c2)c1. The molecule has 0 aliphatic heterocycles. The Balaban J connectivity index is 1.76. The first-order valence-electron chi connectivity index (χ1n) is 11.6. The van der Waals surface area contributed by atoms with Crippen molar-refractivity contribution < 1.29 is 4.42 Å². The van der Waals surface area contributed by atoms with Crippen molar-refractivity contribution in [1.82, 2.24) is 0 Å². The van der Waals surface area contributed by atoms with Crippen LogP contribution in [0.5, 0.6) is 0 Å². The van der Waals surface area contributed by atoms with Crippen molar-refractivity contribution in [3.8, 4) is 11.1 Å². The number of allylic oxidation sites excluding steroid dienone is 10. The van der Waals surface area contributed by atoms with E-state index in [2.05, 4.69) is 86.8 Å². The summed E-state index contributed by atoms with van der Waals surface area (Å²) >= 11 is 0. The Morgan fingerprint density at radius 2 is 1.53 bits per heavy atom. The molecule has 0 spiro atoms. The zero-order valence-electron chi connectivity index (χ0n) is 20.1. The van der Waals surface area contributed by atoms with Crippen LogP contribution in [0.1, 0.15) is 25.0 Å². The molecule has 0 amide bonds. The first-order chi connectivity index (χ1) is 16.5. The molecule has 0 unspecified atom stereocenters. The van der Waals surface area contributed by atoms with Crippen molar-refractivity contribution in [2.45, 2.75) is 20.8 Å². The zero-order valence-corrected chi connectivity index (χ0v) is 20.1. The molecule has 4 aromatic rings. The fraction of sp³-hybridized carbons (Fsp3) is 0.0909. The van der Waals surface area contributed by atoms with Crippen LogP contribution < -0.4 is 0 Å². The van der Waals surface area contributed by atoms with Gasteiger partial charge in [-0.25, -0.2) is 0 Å². The molecule has 168 valence electrons. The highest BCUT2D eigenvalue weighted by Gasteiger charge is 2.10. The topological polar surface area (TPSA) is 13.1 Å². The van der Waals surface area contributed by atoms with E-state index in [0.29, 0.717) is 0 Å². The molecule has 1 nitrogen and oxygen atoms in total. The van der Waals surface area contributed by atoms with Crippen LogP contribution in [0.3, 0.4) is 0 Å². The van der Waals surface area contributed by atoms with E-state index < -0.39 is 0 Å². The monoisotopic (exact) mass is 442 g/mol. The average molecular weight is 443 g/mol. The Morgan fingerprint density at radius 1 is 0.735 bits per heavy atom. The minimum Gasteiger partial charge on any atom is -0.456 e. The van der Waals surface area contributed by atoms with Gasteiger partial charge in [0.2, 0.25) is 0 Å². The molecule has 1 heterocycles. The lowest BCUT2D eigenvalue weighted by Gasteiger charge is -2.11. The first kappa shape index (κ1) is 23.1. The number of furan rings is 1. The van der Waals surface area contributed by atoms with E-state index in [4.69, 9.17) is 4.42 Å². The third kappa shape index (κ3) is 4.94. The van der Waals surface area contributed by atoms with Crippen LogP contribution in [0.2, 0.25) is 0 Å². The molecular formula is C33H30O. The Kier molecular flexibility index (Phi) is 6.94. The van der Waals surface area contributed by atoms with Gasteiger partial charge in [0.25, 0.3) is 0 Å². The van der Waals surface area contributed by atoms with Crippen molar-refractivity contribution in [2.75, 3.05) is 0 Å². The molecule has 0 saturated carbocycles. The van der Waals surface area contributed by atoms with Gasteiger partial charge in [0.1, 0.15) is 11.2 Å². The fourth-order valence-electron chi connectivity index (χ4n) is 4.10. The van der Waals surface area contributed by atoms with E-state index >= 15 is 0 Å². The van der Waals surface area contributed by atoms with Gasteiger partial charge in [-0.2, -0.15) is 0 Å². The maximum atomic E-state index is 6.02. The quantitative estimate of drug-likeness (QED) is 0.260. The predicted octanol–water partition coefficient (Wildman–Crippen LogP) is 9.77. The normalized spacial score (nSPS) is 12.6. The van der Waals surface area contributed by atoms with Crippen molar-refractivity contribution in [3.05, 3.63) is 139 Å². The molecule has 0 fully saturated rings. The highest BCUT2D eigenvalue weighted by Crippen LogP contribution is 2.34. The minimum atomic E-state index is 0.892. The van der Waals surface area contributed by atoms with Gasteiger partial charge in [0.15, 0.2) is 0 Å². The lowest BCUT2D eigenvalue weighted by Crippen LogP contribution is -1.89. The lowest BCUT2D eigenvalue weighted by atomic mass is 9.94. The Hall–Kier alpha value is -4.10. The molecule has 0 N–H and O–H groups in total. The third-order valence-electron chi connectivity index (χ3n) is 5.81. The van der Waals surface area contributed by atoms with Crippen LogP contribution in [0.4, 0.5) is 0 Å². The van der Waals surface area contributed by atoms with Crippen molar-refractivity contribution >= 4 is 27.5 Å². The van der Waals surface area contributed by atoms with Crippen molar-refractivity contribution in [3.63, 3.8) is 0 Å². The number of benzene rings is 3. The number of fused-ring (bicyclic) bond motifs is 3. The molecule has 34 heavy (non-hydrogen) atoms. The second-order valence-corrected chi connectivity index (χ2v) is 8.43. The van der Waals surface area contributed by atoms with Gasteiger partial charge in [0, 0.05) is 10.8 Å². The van der Waals surface area contributed by atoms with E-state index in [1.165, 1.54) is 16.7 Å². The van der Waals surface area contributed by atoms with Crippen molar-refractivity contribution in [1.29, 1.82) is 0 Å². The van der Waals surface area contributed by atoms with Gasteiger partial charge in [-0.1, -0.05) is 86.0 Å². The molecule has 4 rings (SSSR count). The summed E-state index contributed by atoms with van der Waals surface area (Å²) in [6, 6.07) is 21.3. The Morgan fingerprint density at radius 3 is 2.32 bits per heavy atom. The number of para-hydroxylation sites is 1. The summed E-state index contributed by atoms with van der Waals surface area (Å²) in [5.41, 5.74) is 9.42. The maximum Gasteiger partial charge on any atom is 0.135 e. The molecular weight excluding hydrogens is 412 g/mol. The summed E-state index contributed by atoms with van der Waals surface area (Å²) in [6.45, 7) is 14.6.